The molecular formula is C89H119BrCl3N7O17. The summed E-state index contributed by atoms with van der Waals surface area (Å²) in [5, 5.41) is 103. The predicted octanol–water partition coefficient (Wildman–Crippen LogP) is 12.2. The lowest BCUT2D eigenvalue weighted by atomic mass is 9.80. The van der Waals surface area contributed by atoms with Crippen molar-refractivity contribution in [3.8, 4) is 5.75 Å². The maximum atomic E-state index is 11.4. The number of aromatic hydroxyl groups is 1. The molecule has 7 aliphatic rings. The molecule has 14 rings (SSSR count). The lowest BCUT2D eigenvalue weighted by Gasteiger charge is -2.39. The minimum absolute atomic E-state index is 0. The summed E-state index contributed by atoms with van der Waals surface area (Å²) in [6.07, 6.45) is 15.4. The third-order valence-corrected chi connectivity index (χ3v) is 23.5. The van der Waals surface area contributed by atoms with Gasteiger partial charge in [-0.15, -0.1) is 41.8 Å². The molecule has 0 amide bonds. The molecule has 7 saturated heterocycles. The standard InChI is InChI=1S/C17H21NO4.2C17H23NO3.C16H19ClN2.C9H13NO2.C9H13NO.C4H4O4.BrH.2ClH/c1-18-13-6-9(7-14(18)16-15(13)22-16)10-4-2-3-5-11(10)12(8-19)17(20)21;2*1-18-14-5-6-15(18)9-13(8-14)11-3-2-4-12(7-11)16(10-19)17(20)21;1-19(2)12-10-15(16-5-3-4-11-18-16)13-6-8-14(17)9-7-13;1-10-6-9(12)7-3-2-4-8(11)5-7;1-7(10)9(11)8-5-3-2-4-6-8;5-3(6)1-2-4(7)8;;;/h2-5,9,12-16,19H,6-8H2,1H3,(H,20,21);2*2-4,7,13-16,19H,5-6,8-10H2,1H3,(H,20,21);3-9,11,15H,10,12H2,1-2H3;2-5,9-12H,6H2,1H3;2-7,9,11H,10H2,1H3;1-2H,(H,5,6)(H,7,8);3*1H/b;;;;;;2-1+;;;/t9?,12?,13-,14+,15-,16+;;;;9-;7-,9?;;;;/m....01..../s1. The predicted molar refractivity (Wildman–Crippen MR) is 463 cm³/mol. The zero-order valence-corrected chi connectivity index (χ0v) is 71.5. The van der Waals surface area contributed by atoms with Crippen LogP contribution in [-0.2, 0) is 28.7 Å². The van der Waals surface area contributed by atoms with Gasteiger partial charge in [-0.05, 0) is 231 Å². The number of nitrogens with two attached hydrogens (primary N) is 1. The lowest BCUT2D eigenvalue weighted by Crippen LogP contribution is -2.44. The minimum Gasteiger partial charge on any atom is -0.508 e. The molecule has 6 bridgehead atoms. The Bertz CT molecular complexity index is 4060. The Morgan fingerprint density at radius 1 is 0.556 bits per heavy atom. The number of epoxide rings is 1. The molecule has 10 unspecified atom stereocenters. The highest BCUT2D eigenvalue weighted by atomic mass is 79.9. The van der Waals surface area contributed by atoms with E-state index in [0.717, 1.165) is 84.5 Å². The van der Waals surface area contributed by atoms with Crippen molar-refractivity contribution in [3.05, 3.63) is 249 Å². The Labute approximate surface area is 715 Å². The summed E-state index contributed by atoms with van der Waals surface area (Å²) in [6, 6.07) is 57.0. The Kier molecular flexibility index (Phi) is 41.9. The number of phenols is 1. The first kappa shape index (κ1) is 99.8. The molecule has 28 heteroatoms. The van der Waals surface area contributed by atoms with Crippen molar-refractivity contribution in [3.63, 3.8) is 0 Å². The number of nitrogens with one attached hydrogen (secondary N) is 1. The normalized spacial score (nSPS) is 23.5. The number of carbonyl (C=O) groups is 5. The molecule has 6 aromatic carbocycles. The van der Waals surface area contributed by atoms with Gasteiger partial charge < -0.3 is 86.7 Å². The molecule has 24 nitrogen and oxygen atoms in total. The van der Waals surface area contributed by atoms with Gasteiger partial charge in [0.05, 0.1) is 32.0 Å². The fraction of sp³-hybridized carbons (Fsp3) is 0.461. The number of aliphatic hydroxyl groups is 5. The molecule has 14 N–H and O–H groups in total. The van der Waals surface area contributed by atoms with Crippen molar-refractivity contribution in [2.24, 2.45) is 5.73 Å². The maximum absolute atomic E-state index is 11.4. The first-order valence-electron chi connectivity index (χ1n) is 39.2. The molecule has 117 heavy (non-hydrogen) atoms. The largest absolute Gasteiger partial charge is 0.508 e. The summed E-state index contributed by atoms with van der Waals surface area (Å²) in [6.45, 7) is 2.25. The quantitative estimate of drug-likeness (QED) is 0.0197. The van der Waals surface area contributed by atoms with E-state index in [0.29, 0.717) is 102 Å². The van der Waals surface area contributed by atoms with E-state index in [4.69, 9.17) is 37.4 Å². The van der Waals surface area contributed by atoms with Gasteiger partial charge in [-0.3, -0.25) is 24.3 Å². The van der Waals surface area contributed by atoms with Crippen LogP contribution in [-0.4, -0.2) is 240 Å². The van der Waals surface area contributed by atoms with E-state index >= 15 is 0 Å². The van der Waals surface area contributed by atoms with Gasteiger partial charge in [0, 0.05) is 83.8 Å². The van der Waals surface area contributed by atoms with Crippen LogP contribution in [0.1, 0.15) is 187 Å². The van der Waals surface area contributed by atoms with Crippen molar-refractivity contribution < 1.29 is 84.9 Å². The number of piperidine rings is 3. The van der Waals surface area contributed by atoms with E-state index in [-0.39, 0.29) is 73.4 Å². The van der Waals surface area contributed by atoms with Crippen LogP contribution in [0.4, 0.5) is 0 Å². The Balaban J connectivity index is 0.000000248. The van der Waals surface area contributed by atoms with Gasteiger partial charge in [-0.25, -0.2) is 9.59 Å². The molecule has 640 valence electrons. The number of ether oxygens (including phenoxy) is 1. The van der Waals surface area contributed by atoms with Crippen molar-refractivity contribution >= 4 is 83.2 Å². The smallest absolute Gasteiger partial charge is 0.328 e. The molecule has 8 heterocycles. The SMILES string of the molecule is Br.CN(C)CCC(c1ccc(Cl)cc1)c1ccccn1.CN1C2CCC1CC(c1cccc(C(CO)C(=O)O)c1)C2.CN1C2CCC1CC(c1cccc(C(CO)C(=O)O)c1)C2.CN1[C@@H]2CC(c3ccccc3C(CO)C(=O)O)C[C@H]1[C@@H]1O[C@@H]12.CNC[C@H](O)c1cccc(O)c1.C[C@@H](N)C(O)c1ccccc1.Cl.Cl.O=C(O)/C=C/C(=O)O. The monoisotopic (exact) mass is 1740 g/mol. The van der Waals surface area contributed by atoms with Crippen molar-refractivity contribution in [2.75, 3.05) is 75.2 Å². The van der Waals surface area contributed by atoms with E-state index in [9.17, 15) is 64.8 Å². The number of carboxylic acid groups (broad SMARTS) is 5. The van der Waals surface area contributed by atoms with Gasteiger partial charge in [0.15, 0.2) is 0 Å². The molecule has 7 aromatic rings. The van der Waals surface area contributed by atoms with Crippen LogP contribution >= 0.6 is 53.4 Å². The highest BCUT2D eigenvalue weighted by Crippen LogP contribution is 2.52. The molecule has 0 saturated carbocycles. The van der Waals surface area contributed by atoms with Gasteiger partial charge in [0.1, 0.15) is 35.7 Å². The summed E-state index contributed by atoms with van der Waals surface area (Å²) in [5.41, 5.74) is 15.3. The molecule has 0 radical (unpaired) electrons. The van der Waals surface area contributed by atoms with Crippen LogP contribution < -0.4 is 11.1 Å². The third kappa shape index (κ3) is 28.7. The molecule has 7 fully saturated rings. The van der Waals surface area contributed by atoms with Gasteiger partial charge >= 0.3 is 29.8 Å². The number of aromatic nitrogens is 1. The van der Waals surface area contributed by atoms with Crippen LogP contribution in [0.3, 0.4) is 0 Å². The zero-order valence-electron chi connectivity index (χ0n) is 67.4. The molecular weight excluding hydrogens is 1630 g/mol. The zero-order chi connectivity index (χ0) is 82.9. The van der Waals surface area contributed by atoms with Gasteiger partial charge in [-0.1, -0.05) is 145 Å². The van der Waals surface area contributed by atoms with E-state index in [1.54, 1.807) is 38.2 Å². The van der Waals surface area contributed by atoms with Crippen LogP contribution in [0, 0.1) is 0 Å². The fourth-order valence-corrected chi connectivity index (χ4v) is 17.0. The number of nitrogens with zero attached hydrogens (tertiary/aromatic N) is 5. The van der Waals surface area contributed by atoms with E-state index < -0.39 is 59.8 Å². The van der Waals surface area contributed by atoms with E-state index in [1.807, 2.05) is 121 Å². The number of likely N-dealkylation sites (N-methyl/N-ethyl adjacent to an activating group) is 2. The number of morpholine rings is 1. The second kappa shape index (κ2) is 49.1. The summed E-state index contributed by atoms with van der Waals surface area (Å²) >= 11 is 5.97. The van der Waals surface area contributed by atoms with Gasteiger partial charge in [0.2, 0.25) is 0 Å². The first-order chi connectivity index (χ1) is 54.5. The summed E-state index contributed by atoms with van der Waals surface area (Å²) in [7, 11) is 12.6. The minimum atomic E-state index is -1.26. The number of aliphatic hydroxyl groups excluding tert-OH is 5. The van der Waals surface area contributed by atoms with Crippen LogP contribution in [0.2, 0.25) is 5.02 Å². The maximum Gasteiger partial charge on any atom is 0.328 e. The summed E-state index contributed by atoms with van der Waals surface area (Å²) in [5.74, 6) is -5.96. The summed E-state index contributed by atoms with van der Waals surface area (Å²) in [4.78, 5) is 67.1. The Hall–Kier alpha value is -7.77. The fourth-order valence-electron chi connectivity index (χ4n) is 16.9. The summed E-state index contributed by atoms with van der Waals surface area (Å²) < 4.78 is 5.74. The molecule has 0 spiro atoms. The first-order valence-corrected chi connectivity index (χ1v) is 39.6. The van der Waals surface area contributed by atoms with Crippen LogP contribution in [0.25, 0.3) is 0 Å². The van der Waals surface area contributed by atoms with Gasteiger partial charge in [-0.2, -0.15) is 0 Å². The number of rotatable bonds is 24. The van der Waals surface area contributed by atoms with E-state index in [1.165, 1.54) is 42.4 Å². The number of pyridine rings is 1. The van der Waals surface area contributed by atoms with Crippen LogP contribution in [0.5, 0.6) is 5.75 Å². The molecule has 0 aliphatic carbocycles. The third-order valence-electron chi connectivity index (χ3n) is 23.3. The molecule has 7 aliphatic heterocycles. The number of phenolic OH excluding ortho intramolecular Hbond substituents is 1. The lowest BCUT2D eigenvalue weighted by molar-refractivity contribution is -0.140. The highest BCUT2D eigenvalue weighted by Gasteiger charge is 2.62. The number of carboxylic acids is 5. The topological polar surface area (TPSA) is 384 Å². The molecule has 1 aromatic heterocycles. The average Bonchev–Trinajstić information content (AvgIpc) is 1.55. The van der Waals surface area contributed by atoms with Crippen molar-refractivity contribution in [1.82, 2.24) is 29.9 Å². The van der Waals surface area contributed by atoms with Crippen molar-refractivity contribution in [1.29, 1.82) is 0 Å². The number of benzene rings is 6. The molecule has 16 atom stereocenters. The number of halogens is 4. The number of fused-ring (bicyclic) bond motifs is 9. The Morgan fingerprint density at radius 2 is 1.00 bits per heavy atom. The second-order valence-electron chi connectivity index (χ2n) is 31.0. The number of hydrogen-bond acceptors (Lipinski definition) is 19. The Morgan fingerprint density at radius 3 is 1.42 bits per heavy atom. The number of aliphatic carboxylic acids is 5. The van der Waals surface area contributed by atoms with Crippen molar-refractivity contribution in [2.45, 2.75) is 186 Å². The average molecular weight is 1750 g/mol. The second-order valence-corrected chi connectivity index (χ2v) is 31.4. The van der Waals surface area contributed by atoms with Gasteiger partial charge in [0.25, 0.3) is 0 Å². The number of hydrogen-bond donors (Lipinski definition) is 13. The van der Waals surface area contributed by atoms with Crippen LogP contribution in [0.15, 0.2) is 188 Å². The highest BCUT2D eigenvalue weighted by molar-refractivity contribution is 8.93. The van der Waals surface area contributed by atoms with E-state index in [2.05, 4.69) is 95.5 Å².